The fourth-order valence-electron chi connectivity index (χ4n) is 2.70. The second-order valence-corrected chi connectivity index (χ2v) is 5.78. The topological polar surface area (TPSA) is 48.9 Å². The smallest absolute Gasteiger partial charge is 0.191 e. The molecule has 1 fully saturated rings. The lowest BCUT2D eigenvalue weighted by Crippen LogP contribution is -2.48. The molecule has 0 saturated carbocycles. The summed E-state index contributed by atoms with van der Waals surface area (Å²) in [6.07, 6.45) is 3.68. The summed E-state index contributed by atoms with van der Waals surface area (Å²) < 4.78 is 5.05. The first kappa shape index (κ1) is 17.2. The van der Waals surface area contributed by atoms with E-state index < -0.39 is 0 Å². The molecule has 0 bridgehead atoms. The Morgan fingerprint density at radius 3 is 2.50 bits per heavy atom. The number of hydrogen-bond donors (Lipinski definition) is 2. The summed E-state index contributed by atoms with van der Waals surface area (Å²) in [5, 5.41) is 6.79. The van der Waals surface area contributed by atoms with Gasteiger partial charge >= 0.3 is 0 Å². The van der Waals surface area contributed by atoms with Gasteiger partial charge in [0.15, 0.2) is 5.96 Å². The van der Waals surface area contributed by atoms with Gasteiger partial charge in [-0.1, -0.05) is 13.8 Å². The van der Waals surface area contributed by atoms with E-state index >= 15 is 0 Å². The van der Waals surface area contributed by atoms with Crippen molar-refractivity contribution in [2.75, 3.05) is 46.9 Å². The van der Waals surface area contributed by atoms with Crippen LogP contribution in [0.4, 0.5) is 0 Å². The zero-order valence-corrected chi connectivity index (χ0v) is 13.6. The normalized spacial score (nSPS) is 18.6. The molecule has 1 heterocycles. The van der Waals surface area contributed by atoms with Crippen molar-refractivity contribution < 1.29 is 4.74 Å². The molecule has 0 amide bonds. The zero-order chi connectivity index (χ0) is 14.8. The molecule has 1 atom stereocenters. The molecule has 0 aromatic carbocycles. The van der Waals surface area contributed by atoms with Gasteiger partial charge < -0.3 is 15.4 Å². The molecule has 20 heavy (non-hydrogen) atoms. The number of nitrogens with one attached hydrogen (secondary N) is 2. The van der Waals surface area contributed by atoms with Crippen molar-refractivity contribution in [3.05, 3.63) is 0 Å². The van der Waals surface area contributed by atoms with E-state index in [9.17, 15) is 0 Å². The van der Waals surface area contributed by atoms with Gasteiger partial charge in [-0.05, 0) is 38.3 Å². The average molecular weight is 284 g/mol. The first-order valence-electron chi connectivity index (χ1n) is 7.86. The third-order valence-electron chi connectivity index (χ3n) is 3.90. The maximum absolute atomic E-state index is 5.05. The zero-order valence-electron chi connectivity index (χ0n) is 13.6. The Kier molecular flexibility index (Phi) is 8.62. The fraction of sp³-hybridized carbons (Fsp3) is 0.933. The Hall–Kier alpha value is -0.810. The summed E-state index contributed by atoms with van der Waals surface area (Å²) in [4.78, 5) is 6.89. The predicted octanol–water partition coefficient (Wildman–Crippen LogP) is 1.31. The van der Waals surface area contributed by atoms with E-state index in [4.69, 9.17) is 4.74 Å². The molecule has 1 aliphatic rings. The minimum atomic E-state index is 0.593. The largest absolute Gasteiger partial charge is 0.385 e. The van der Waals surface area contributed by atoms with Crippen LogP contribution in [-0.4, -0.2) is 63.8 Å². The van der Waals surface area contributed by atoms with Crippen LogP contribution in [0.25, 0.3) is 0 Å². The second-order valence-electron chi connectivity index (χ2n) is 5.78. The number of methoxy groups -OCH3 is 1. The molecule has 1 rings (SSSR count). The number of hydrogen-bond acceptors (Lipinski definition) is 3. The van der Waals surface area contributed by atoms with E-state index in [0.29, 0.717) is 12.0 Å². The number of rotatable bonds is 8. The van der Waals surface area contributed by atoms with E-state index in [1.165, 1.54) is 25.9 Å². The molecule has 5 heteroatoms. The molecule has 5 nitrogen and oxygen atoms in total. The summed E-state index contributed by atoms with van der Waals surface area (Å²) in [5.74, 6) is 1.55. The highest BCUT2D eigenvalue weighted by Gasteiger charge is 2.24. The maximum Gasteiger partial charge on any atom is 0.191 e. The van der Waals surface area contributed by atoms with Crippen LogP contribution >= 0.6 is 0 Å². The van der Waals surface area contributed by atoms with Crippen LogP contribution in [0, 0.1) is 5.92 Å². The standard InChI is InChI=1S/C15H32N4O/c1-13(2)14(19-9-5-6-10-19)12-18-15(16-3)17-8-7-11-20-4/h13-14H,5-12H2,1-4H3,(H2,16,17,18). The molecule has 0 aliphatic carbocycles. The molecule has 118 valence electrons. The highest BCUT2D eigenvalue weighted by atomic mass is 16.5. The van der Waals surface area contributed by atoms with Gasteiger partial charge in [0.25, 0.3) is 0 Å². The average Bonchev–Trinajstić information content (AvgIpc) is 2.95. The number of aliphatic imine (C=N–C) groups is 1. The van der Waals surface area contributed by atoms with Crippen molar-refractivity contribution in [1.29, 1.82) is 0 Å². The van der Waals surface area contributed by atoms with Gasteiger partial charge in [-0.3, -0.25) is 9.89 Å². The molecule has 0 aromatic rings. The molecular weight excluding hydrogens is 252 g/mol. The van der Waals surface area contributed by atoms with Crippen LogP contribution in [0.2, 0.25) is 0 Å². The lowest BCUT2D eigenvalue weighted by Gasteiger charge is -2.31. The Morgan fingerprint density at radius 2 is 1.95 bits per heavy atom. The van der Waals surface area contributed by atoms with Gasteiger partial charge in [0.05, 0.1) is 0 Å². The highest BCUT2D eigenvalue weighted by Crippen LogP contribution is 2.16. The van der Waals surface area contributed by atoms with Crippen LogP contribution < -0.4 is 10.6 Å². The number of likely N-dealkylation sites (tertiary alicyclic amines) is 1. The molecule has 1 unspecified atom stereocenters. The SMILES string of the molecule is CN=C(NCCCOC)NCC(C(C)C)N1CCCC1. The molecular formula is C15H32N4O. The van der Waals surface area contributed by atoms with Crippen molar-refractivity contribution >= 4 is 5.96 Å². The lowest BCUT2D eigenvalue weighted by atomic mass is 10.0. The summed E-state index contributed by atoms with van der Waals surface area (Å²) in [7, 11) is 3.56. The first-order valence-corrected chi connectivity index (χ1v) is 7.86. The molecule has 0 aromatic heterocycles. The van der Waals surface area contributed by atoms with Crippen molar-refractivity contribution in [1.82, 2.24) is 15.5 Å². The molecule has 2 N–H and O–H groups in total. The summed E-state index contributed by atoms with van der Waals surface area (Å²) in [6.45, 7) is 9.73. The lowest BCUT2D eigenvalue weighted by molar-refractivity contribution is 0.191. The van der Waals surface area contributed by atoms with E-state index in [2.05, 4.69) is 34.4 Å². The highest BCUT2D eigenvalue weighted by molar-refractivity contribution is 5.79. The van der Waals surface area contributed by atoms with Crippen LogP contribution in [-0.2, 0) is 4.74 Å². The van der Waals surface area contributed by atoms with Crippen LogP contribution in [0.3, 0.4) is 0 Å². The molecule has 0 spiro atoms. The Morgan fingerprint density at radius 1 is 1.25 bits per heavy atom. The Bertz CT molecular complexity index is 275. The van der Waals surface area contributed by atoms with Gasteiger partial charge in [-0.25, -0.2) is 0 Å². The van der Waals surface area contributed by atoms with Gasteiger partial charge in [-0.2, -0.15) is 0 Å². The van der Waals surface area contributed by atoms with E-state index in [1.54, 1.807) is 7.11 Å². The molecule has 1 aliphatic heterocycles. The number of guanidine groups is 1. The minimum Gasteiger partial charge on any atom is -0.385 e. The first-order chi connectivity index (χ1) is 9.69. The number of nitrogens with zero attached hydrogens (tertiary/aromatic N) is 2. The van der Waals surface area contributed by atoms with E-state index in [1.807, 2.05) is 7.05 Å². The number of ether oxygens (including phenoxy) is 1. The minimum absolute atomic E-state index is 0.593. The van der Waals surface area contributed by atoms with E-state index in [0.717, 1.165) is 32.1 Å². The van der Waals surface area contributed by atoms with Crippen LogP contribution in [0.5, 0.6) is 0 Å². The quantitative estimate of drug-likeness (QED) is 0.401. The Labute approximate surface area is 124 Å². The van der Waals surface area contributed by atoms with Gasteiger partial charge in [0.2, 0.25) is 0 Å². The fourth-order valence-corrected chi connectivity index (χ4v) is 2.70. The van der Waals surface area contributed by atoms with Gasteiger partial charge in [0, 0.05) is 39.9 Å². The van der Waals surface area contributed by atoms with Crippen molar-refractivity contribution in [3.8, 4) is 0 Å². The van der Waals surface area contributed by atoms with Crippen molar-refractivity contribution in [3.63, 3.8) is 0 Å². The van der Waals surface area contributed by atoms with Gasteiger partial charge in [0.1, 0.15) is 0 Å². The Balaban J connectivity index is 2.32. The maximum atomic E-state index is 5.05. The summed E-state index contributed by atoms with van der Waals surface area (Å²) in [5.41, 5.74) is 0. The second kappa shape index (κ2) is 10.00. The van der Waals surface area contributed by atoms with Crippen LogP contribution in [0.15, 0.2) is 4.99 Å². The van der Waals surface area contributed by atoms with Crippen molar-refractivity contribution in [2.45, 2.75) is 39.2 Å². The van der Waals surface area contributed by atoms with Crippen molar-refractivity contribution in [2.24, 2.45) is 10.9 Å². The third-order valence-corrected chi connectivity index (χ3v) is 3.90. The third kappa shape index (κ3) is 6.09. The van der Waals surface area contributed by atoms with Crippen LogP contribution in [0.1, 0.15) is 33.1 Å². The summed E-state index contributed by atoms with van der Waals surface area (Å²) in [6, 6.07) is 0.593. The van der Waals surface area contributed by atoms with E-state index in [-0.39, 0.29) is 0 Å². The molecule has 0 radical (unpaired) electrons. The van der Waals surface area contributed by atoms with Gasteiger partial charge in [-0.15, -0.1) is 0 Å². The predicted molar refractivity (Wildman–Crippen MR) is 85.3 cm³/mol. The summed E-state index contributed by atoms with van der Waals surface area (Å²) >= 11 is 0. The monoisotopic (exact) mass is 284 g/mol. The molecule has 1 saturated heterocycles.